The van der Waals surface area contributed by atoms with E-state index in [0.29, 0.717) is 18.9 Å². The Morgan fingerprint density at radius 3 is 2.83 bits per heavy atom. The predicted molar refractivity (Wildman–Crippen MR) is 72.7 cm³/mol. The molecule has 0 amide bonds. The van der Waals surface area contributed by atoms with Crippen LogP contribution in [0.4, 0.5) is 4.39 Å². The summed E-state index contributed by atoms with van der Waals surface area (Å²) >= 11 is 1.66. The standard InChI is InChI=1S/C14H16FNOS/c1-16-9-12-2-3-14(13(15)8-12)17-6-4-11-5-7-18-10-11/h2-3,5,7-8,10,16H,4,6,9H2,1H3. The molecule has 0 bridgehead atoms. The van der Waals surface area contributed by atoms with Crippen LogP contribution in [0.5, 0.6) is 5.75 Å². The highest BCUT2D eigenvalue weighted by molar-refractivity contribution is 7.07. The van der Waals surface area contributed by atoms with Gasteiger partial charge in [0.2, 0.25) is 0 Å². The number of halogens is 1. The summed E-state index contributed by atoms with van der Waals surface area (Å²) in [4.78, 5) is 0. The van der Waals surface area contributed by atoms with Gasteiger partial charge >= 0.3 is 0 Å². The van der Waals surface area contributed by atoms with Crippen molar-refractivity contribution in [2.24, 2.45) is 0 Å². The third kappa shape index (κ3) is 3.55. The first kappa shape index (κ1) is 13.1. The zero-order chi connectivity index (χ0) is 12.8. The van der Waals surface area contributed by atoms with Gasteiger partial charge in [-0.15, -0.1) is 0 Å². The summed E-state index contributed by atoms with van der Waals surface area (Å²) in [5.74, 6) is 0.0261. The van der Waals surface area contributed by atoms with Gasteiger partial charge in [0.15, 0.2) is 11.6 Å². The van der Waals surface area contributed by atoms with Crippen LogP contribution >= 0.6 is 11.3 Å². The first-order chi connectivity index (χ1) is 8.79. The lowest BCUT2D eigenvalue weighted by Crippen LogP contribution is -2.06. The molecule has 1 N–H and O–H groups in total. The van der Waals surface area contributed by atoms with Crippen molar-refractivity contribution in [1.82, 2.24) is 5.32 Å². The van der Waals surface area contributed by atoms with Crippen LogP contribution in [0.2, 0.25) is 0 Å². The highest BCUT2D eigenvalue weighted by Gasteiger charge is 2.04. The van der Waals surface area contributed by atoms with Crippen LogP contribution in [0.25, 0.3) is 0 Å². The lowest BCUT2D eigenvalue weighted by atomic mass is 10.2. The van der Waals surface area contributed by atoms with Crippen molar-refractivity contribution in [3.8, 4) is 5.75 Å². The fourth-order valence-corrected chi connectivity index (χ4v) is 2.39. The molecule has 96 valence electrons. The van der Waals surface area contributed by atoms with E-state index in [9.17, 15) is 4.39 Å². The summed E-state index contributed by atoms with van der Waals surface area (Å²) in [6, 6.07) is 7.13. The summed E-state index contributed by atoms with van der Waals surface area (Å²) < 4.78 is 19.1. The second-order valence-electron chi connectivity index (χ2n) is 4.03. The molecule has 1 heterocycles. The van der Waals surface area contributed by atoms with E-state index in [1.807, 2.05) is 18.5 Å². The molecule has 1 aromatic carbocycles. The first-order valence-electron chi connectivity index (χ1n) is 5.86. The number of hydrogen-bond acceptors (Lipinski definition) is 3. The number of rotatable bonds is 6. The van der Waals surface area contributed by atoms with Gasteiger partial charge < -0.3 is 10.1 Å². The molecule has 0 aliphatic rings. The van der Waals surface area contributed by atoms with Gasteiger partial charge in [-0.25, -0.2) is 4.39 Å². The van der Waals surface area contributed by atoms with Crippen LogP contribution in [-0.2, 0) is 13.0 Å². The normalized spacial score (nSPS) is 10.6. The molecule has 0 saturated carbocycles. The lowest BCUT2D eigenvalue weighted by Gasteiger charge is -2.08. The molecule has 18 heavy (non-hydrogen) atoms. The van der Waals surface area contributed by atoms with Gasteiger partial charge in [-0.3, -0.25) is 0 Å². The molecule has 2 rings (SSSR count). The highest BCUT2D eigenvalue weighted by Crippen LogP contribution is 2.18. The molecule has 0 aliphatic carbocycles. The Balaban J connectivity index is 1.89. The second kappa shape index (κ2) is 6.52. The minimum absolute atomic E-state index is 0.298. The van der Waals surface area contributed by atoms with E-state index >= 15 is 0 Å². The van der Waals surface area contributed by atoms with Gasteiger partial charge in [0, 0.05) is 13.0 Å². The number of ether oxygens (including phenoxy) is 1. The van der Waals surface area contributed by atoms with Crippen LogP contribution in [-0.4, -0.2) is 13.7 Å². The van der Waals surface area contributed by atoms with Crippen molar-refractivity contribution in [1.29, 1.82) is 0 Å². The second-order valence-corrected chi connectivity index (χ2v) is 4.81. The molecule has 0 fully saturated rings. The maximum absolute atomic E-state index is 13.7. The molecule has 2 aromatic rings. The molecule has 0 spiro atoms. The van der Waals surface area contributed by atoms with Gasteiger partial charge in [0.1, 0.15) is 0 Å². The van der Waals surface area contributed by atoms with E-state index in [1.165, 1.54) is 11.6 Å². The lowest BCUT2D eigenvalue weighted by molar-refractivity contribution is 0.305. The third-order valence-corrected chi connectivity index (χ3v) is 3.34. The molecule has 0 unspecified atom stereocenters. The Kier molecular flexibility index (Phi) is 4.73. The zero-order valence-electron chi connectivity index (χ0n) is 10.3. The summed E-state index contributed by atoms with van der Waals surface area (Å²) in [5, 5.41) is 7.10. The average molecular weight is 265 g/mol. The van der Waals surface area contributed by atoms with Crippen LogP contribution in [0.15, 0.2) is 35.0 Å². The Labute approximate surface area is 110 Å². The van der Waals surface area contributed by atoms with E-state index < -0.39 is 0 Å². The topological polar surface area (TPSA) is 21.3 Å². The van der Waals surface area contributed by atoms with E-state index in [-0.39, 0.29) is 5.82 Å². The van der Waals surface area contributed by atoms with E-state index in [4.69, 9.17) is 4.74 Å². The molecule has 0 saturated heterocycles. The predicted octanol–water partition coefficient (Wildman–Crippen LogP) is 3.23. The molecular weight excluding hydrogens is 249 g/mol. The van der Waals surface area contributed by atoms with Crippen molar-refractivity contribution in [2.45, 2.75) is 13.0 Å². The Bertz CT molecular complexity index is 485. The number of thiophene rings is 1. The van der Waals surface area contributed by atoms with Crippen molar-refractivity contribution in [3.05, 3.63) is 52.0 Å². The van der Waals surface area contributed by atoms with E-state index in [2.05, 4.69) is 16.8 Å². The molecule has 2 nitrogen and oxygen atoms in total. The fourth-order valence-electron chi connectivity index (χ4n) is 1.69. The molecule has 0 atom stereocenters. The molecule has 0 radical (unpaired) electrons. The van der Waals surface area contributed by atoms with Crippen molar-refractivity contribution >= 4 is 11.3 Å². The maximum Gasteiger partial charge on any atom is 0.165 e. The van der Waals surface area contributed by atoms with Gasteiger partial charge in [0.25, 0.3) is 0 Å². The van der Waals surface area contributed by atoms with Gasteiger partial charge in [0.05, 0.1) is 6.61 Å². The van der Waals surface area contributed by atoms with E-state index in [1.54, 1.807) is 17.4 Å². The van der Waals surface area contributed by atoms with Crippen molar-refractivity contribution < 1.29 is 9.13 Å². The summed E-state index contributed by atoms with van der Waals surface area (Å²) in [6.45, 7) is 1.16. The van der Waals surface area contributed by atoms with Crippen LogP contribution in [0.3, 0.4) is 0 Å². The Hall–Kier alpha value is -1.39. The molecule has 1 aromatic heterocycles. The summed E-state index contributed by atoms with van der Waals surface area (Å²) in [7, 11) is 1.84. The molecule has 4 heteroatoms. The SMILES string of the molecule is CNCc1ccc(OCCc2ccsc2)c(F)c1. The third-order valence-electron chi connectivity index (χ3n) is 2.61. The van der Waals surface area contributed by atoms with Crippen LogP contribution in [0.1, 0.15) is 11.1 Å². The first-order valence-corrected chi connectivity index (χ1v) is 6.81. The van der Waals surface area contributed by atoms with Crippen LogP contribution in [0, 0.1) is 5.82 Å². The average Bonchev–Trinajstić information content (AvgIpc) is 2.85. The molecular formula is C14H16FNOS. The minimum Gasteiger partial charge on any atom is -0.490 e. The maximum atomic E-state index is 13.7. The monoisotopic (exact) mass is 265 g/mol. The largest absolute Gasteiger partial charge is 0.490 e. The van der Waals surface area contributed by atoms with Gasteiger partial charge in [-0.1, -0.05) is 6.07 Å². The number of nitrogens with one attached hydrogen (secondary N) is 1. The minimum atomic E-state index is -0.298. The fraction of sp³-hybridized carbons (Fsp3) is 0.286. The smallest absolute Gasteiger partial charge is 0.165 e. The zero-order valence-corrected chi connectivity index (χ0v) is 11.1. The quantitative estimate of drug-likeness (QED) is 0.866. The van der Waals surface area contributed by atoms with Crippen molar-refractivity contribution in [2.75, 3.05) is 13.7 Å². The molecule has 0 aliphatic heterocycles. The van der Waals surface area contributed by atoms with Crippen molar-refractivity contribution in [3.63, 3.8) is 0 Å². The van der Waals surface area contributed by atoms with Crippen LogP contribution < -0.4 is 10.1 Å². The number of benzene rings is 1. The Morgan fingerprint density at radius 2 is 2.17 bits per heavy atom. The summed E-state index contributed by atoms with van der Waals surface area (Å²) in [6.07, 6.45) is 0.807. The van der Waals surface area contributed by atoms with E-state index in [0.717, 1.165) is 12.0 Å². The highest BCUT2D eigenvalue weighted by atomic mass is 32.1. The number of hydrogen-bond donors (Lipinski definition) is 1. The summed E-state index contributed by atoms with van der Waals surface area (Å²) in [5.41, 5.74) is 2.15. The van der Waals surface area contributed by atoms with Gasteiger partial charge in [-0.2, -0.15) is 11.3 Å². The van der Waals surface area contributed by atoms with Gasteiger partial charge in [-0.05, 0) is 47.1 Å². The Morgan fingerprint density at radius 1 is 1.28 bits per heavy atom.